The number of hydrogen-bond donors (Lipinski definition) is 2. The third-order valence-corrected chi connectivity index (χ3v) is 6.27. The molecule has 164 valence electrons. The summed E-state index contributed by atoms with van der Waals surface area (Å²) >= 11 is 0. The lowest BCUT2D eigenvalue weighted by atomic mass is 10.1. The van der Waals surface area contributed by atoms with Gasteiger partial charge in [0, 0.05) is 49.7 Å². The highest BCUT2D eigenvalue weighted by molar-refractivity contribution is 5.83. The maximum Gasteiger partial charge on any atom is 0.258 e. The molecule has 2 N–H and O–H groups in total. The molecular formula is C25H27N5O2. The largest absolute Gasteiger partial charge is 0.361 e. The molecule has 1 aliphatic rings. The molecule has 1 amide bonds. The standard InChI is InChI=1S/C25H27N5O2/c31-24(11-5-6-18-16-26-21-9-3-1-7-19(18)21)30-14-12-29(13-15-30)17-23-27-22-10-4-2-8-20(22)25(32)28-23/h1-4,7-10,16,26H,5-6,11-15,17H2,(H,27,28,32). The second-order valence-corrected chi connectivity index (χ2v) is 8.40. The lowest BCUT2D eigenvalue weighted by Crippen LogP contribution is -2.48. The summed E-state index contributed by atoms with van der Waals surface area (Å²) < 4.78 is 0. The van der Waals surface area contributed by atoms with Crippen molar-refractivity contribution in [2.75, 3.05) is 26.2 Å². The summed E-state index contributed by atoms with van der Waals surface area (Å²) in [5.74, 6) is 0.897. The molecule has 7 heteroatoms. The Morgan fingerprint density at radius 3 is 2.56 bits per heavy atom. The van der Waals surface area contributed by atoms with Gasteiger partial charge in [0.25, 0.3) is 5.56 Å². The summed E-state index contributed by atoms with van der Waals surface area (Å²) in [7, 11) is 0. The van der Waals surface area contributed by atoms with Gasteiger partial charge in [-0.05, 0) is 36.6 Å². The van der Waals surface area contributed by atoms with Crippen LogP contribution in [0, 0.1) is 0 Å². The summed E-state index contributed by atoms with van der Waals surface area (Å²) in [5, 5.41) is 1.85. The fourth-order valence-electron chi connectivity index (χ4n) is 4.50. The minimum absolute atomic E-state index is 0.102. The van der Waals surface area contributed by atoms with Crippen LogP contribution in [0.3, 0.4) is 0 Å². The maximum atomic E-state index is 12.7. The zero-order valence-electron chi connectivity index (χ0n) is 18.0. The molecule has 2 aromatic heterocycles. The molecule has 5 rings (SSSR count). The predicted octanol–water partition coefficient (Wildman–Crippen LogP) is 3.07. The Balaban J connectivity index is 1.11. The Kier molecular flexibility index (Phi) is 5.73. The van der Waals surface area contributed by atoms with Gasteiger partial charge in [0.2, 0.25) is 5.91 Å². The first kappa shape index (κ1) is 20.5. The Hall–Kier alpha value is -3.45. The van der Waals surface area contributed by atoms with Crippen molar-refractivity contribution in [3.8, 4) is 0 Å². The van der Waals surface area contributed by atoms with Gasteiger partial charge in [-0.15, -0.1) is 0 Å². The predicted molar refractivity (Wildman–Crippen MR) is 125 cm³/mol. The second-order valence-electron chi connectivity index (χ2n) is 8.40. The fourth-order valence-corrected chi connectivity index (χ4v) is 4.50. The number of hydrogen-bond acceptors (Lipinski definition) is 4. The summed E-state index contributed by atoms with van der Waals surface area (Å²) in [4.78, 5) is 39.9. The summed E-state index contributed by atoms with van der Waals surface area (Å²) in [5.41, 5.74) is 3.03. The van der Waals surface area contributed by atoms with E-state index in [2.05, 4.69) is 38.2 Å². The minimum atomic E-state index is -0.102. The van der Waals surface area contributed by atoms with Crippen LogP contribution >= 0.6 is 0 Å². The summed E-state index contributed by atoms with van der Waals surface area (Å²) in [6.07, 6.45) is 4.37. The zero-order chi connectivity index (χ0) is 21.9. The van der Waals surface area contributed by atoms with Crippen molar-refractivity contribution in [1.29, 1.82) is 0 Å². The molecule has 4 aromatic rings. The van der Waals surface area contributed by atoms with Gasteiger partial charge >= 0.3 is 0 Å². The molecule has 2 aromatic carbocycles. The first-order chi connectivity index (χ1) is 15.7. The number of piperazine rings is 1. The summed E-state index contributed by atoms with van der Waals surface area (Å²) in [6.45, 7) is 3.57. The monoisotopic (exact) mass is 429 g/mol. The number of aromatic nitrogens is 3. The third-order valence-electron chi connectivity index (χ3n) is 6.27. The van der Waals surface area contributed by atoms with Crippen LogP contribution in [0.4, 0.5) is 0 Å². The van der Waals surface area contributed by atoms with Gasteiger partial charge in [-0.1, -0.05) is 30.3 Å². The Morgan fingerprint density at radius 1 is 0.969 bits per heavy atom. The van der Waals surface area contributed by atoms with Gasteiger partial charge in [0.1, 0.15) is 5.82 Å². The van der Waals surface area contributed by atoms with E-state index in [1.54, 1.807) is 6.07 Å². The number of aryl methyl sites for hydroxylation is 1. The quantitative estimate of drug-likeness (QED) is 0.493. The second kappa shape index (κ2) is 8.96. The van der Waals surface area contributed by atoms with Crippen LogP contribution in [0.25, 0.3) is 21.8 Å². The highest BCUT2D eigenvalue weighted by atomic mass is 16.2. The van der Waals surface area contributed by atoms with E-state index in [1.165, 1.54) is 10.9 Å². The molecule has 32 heavy (non-hydrogen) atoms. The highest BCUT2D eigenvalue weighted by Gasteiger charge is 2.21. The minimum Gasteiger partial charge on any atom is -0.361 e. The number of nitrogens with one attached hydrogen (secondary N) is 2. The van der Waals surface area contributed by atoms with Gasteiger partial charge in [0.05, 0.1) is 17.4 Å². The van der Waals surface area contributed by atoms with E-state index in [0.717, 1.165) is 37.0 Å². The van der Waals surface area contributed by atoms with Crippen molar-refractivity contribution in [3.63, 3.8) is 0 Å². The zero-order valence-corrected chi connectivity index (χ0v) is 18.0. The number of rotatable bonds is 6. The smallest absolute Gasteiger partial charge is 0.258 e. The van der Waals surface area contributed by atoms with Crippen LogP contribution in [0.1, 0.15) is 24.2 Å². The lowest BCUT2D eigenvalue weighted by Gasteiger charge is -2.34. The van der Waals surface area contributed by atoms with Crippen LogP contribution in [-0.4, -0.2) is 56.8 Å². The van der Waals surface area contributed by atoms with E-state index in [4.69, 9.17) is 0 Å². The Bertz CT molecular complexity index is 1300. The van der Waals surface area contributed by atoms with E-state index < -0.39 is 0 Å². The van der Waals surface area contributed by atoms with Crippen molar-refractivity contribution in [1.82, 2.24) is 24.8 Å². The number of benzene rings is 2. The molecule has 0 radical (unpaired) electrons. The number of carbonyl (C=O) groups excluding carboxylic acids is 1. The first-order valence-corrected chi connectivity index (χ1v) is 11.2. The topological polar surface area (TPSA) is 85.1 Å². The Labute approximate surface area is 186 Å². The van der Waals surface area contributed by atoms with Crippen LogP contribution < -0.4 is 5.56 Å². The van der Waals surface area contributed by atoms with Crippen molar-refractivity contribution >= 4 is 27.7 Å². The number of carbonyl (C=O) groups is 1. The fraction of sp³-hybridized carbons (Fsp3) is 0.320. The molecule has 0 spiro atoms. The lowest BCUT2D eigenvalue weighted by molar-refractivity contribution is -0.133. The molecule has 0 atom stereocenters. The molecule has 0 aliphatic carbocycles. The van der Waals surface area contributed by atoms with E-state index in [1.807, 2.05) is 35.2 Å². The van der Waals surface area contributed by atoms with Crippen LogP contribution in [-0.2, 0) is 17.8 Å². The van der Waals surface area contributed by atoms with Crippen molar-refractivity contribution < 1.29 is 4.79 Å². The number of aromatic amines is 2. The number of amides is 1. The molecular weight excluding hydrogens is 402 g/mol. The molecule has 1 fully saturated rings. The average molecular weight is 430 g/mol. The molecule has 3 heterocycles. The molecule has 0 unspecified atom stereocenters. The van der Waals surface area contributed by atoms with Gasteiger partial charge in [0.15, 0.2) is 0 Å². The Morgan fingerprint density at radius 2 is 1.72 bits per heavy atom. The van der Waals surface area contributed by atoms with E-state index in [0.29, 0.717) is 37.3 Å². The number of fused-ring (bicyclic) bond motifs is 2. The van der Waals surface area contributed by atoms with Crippen LogP contribution in [0.5, 0.6) is 0 Å². The van der Waals surface area contributed by atoms with Gasteiger partial charge in [-0.3, -0.25) is 14.5 Å². The van der Waals surface area contributed by atoms with E-state index >= 15 is 0 Å². The summed E-state index contributed by atoms with van der Waals surface area (Å²) in [6, 6.07) is 15.7. The van der Waals surface area contributed by atoms with Crippen LogP contribution in [0.2, 0.25) is 0 Å². The average Bonchev–Trinajstić information content (AvgIpc) is 3.23. The third kappa shape index (κ3) is 4.29. The first-order valence-electron chi connectivity index (χ1n) is 11.2. The van der Waals surface area contributed by atoms with E-state index in [9.17, 15) is 9.59 Å². The van der Waals surface area contributed by atoms with Gasteiger partial charge in [-0.25, -0.2) is 4.98 Å². The van der Waals surface area contributed by atoms with Gasteiger partial charge in [-0.2, -0.15) is 0 Å². The molecule has 0 bridgehead atoms. The molecule has 7 nitrogen and oxygen atoms in total. The maximum absolute atomic E-state index is 12.7. The molecule has 0 saturated carbocycles. The molecule has 1 aliphatic heterocycles. The van der Waals surface area contributed by atoms with E-state index in [-0.39, 0.29) is 11.5 Å². The number of H-pyrrole nitrogens is 2. The number of nitrogens with zero attached hydrogens (tertiary/aromatic N) is 3. The molecule has 1 saturated heterocycles. The van der Waals surface area contributed by atoms with Gasteiger partial charge < -0.3 is 14.9 Å². The van der Waals surface area contributed by atoms with Crippen LogP contribution in [0.15, 0.2) is 59.5 Å². The number of para-hydroxylation sites is 2. The van der Waals surface area contributed by atoms with Crippen molar-refractivity contribution in [2.45, 2.75) is 25.8 Å². The normalized spacial score (nSPS) is 14.9. The SMILES string of the molecule is O=C(CCCc1c[nH]c2ccccc12)N1CCN(Cc2nc3ccccc3c(=O)[nH]2)CC1. The van der Waals surface area contributed by atoms with Crippen molar-refractivity contribution in [3.05, 3.63) is 76.5 Å². The van der Waals surface area contributed by atoms with Crippen molar-refractivity contribution in [2.24, 2.45) is 0 Å². The highest BCUT2D eigenvalue weighted by Crippen LogP contribution is 2.20.